The molecule has 124 heavy (non-hydrogen) atoms. The summed E-state index contributed by atoms with van der Waals surface area (Å²) in [5.41, 5.74) is 88.8. The van der Waals surface area contributed by atoms with Gasteiger partial charge in [-0.2, -0.15) is 0 Å². The predicted octanol–water partition coefficient (Wildman–Crippen LogP) is 1.40. The van der Waals surface area contributed by atoms with Crippen LogP contribution in [0.15, 0.2) is 39.9 Å². The minimum Gasteiger partial charge on any atom is -0.370 e. The van der Waals surface area contributed by atoms with Gasteiger partial charge in [-0.05, 0) is 161 Å². The lowest BCUT2D eigenvalue weighted by molar-refractivity contribution is -0.133. The SMILES string of the molecule is CCC(CCCN=C(N)N)C(=O)NCCCCCC(=O)CC(CCCN=C(N)N)C(=O)CC(CCCN=C(N)N)C(=O)NCCCCCC(=O)CC(CCCN=C(N)N)C(=O)CC(CCCN=C(N)N)C(=O)NCCCCCC(=O)CC(CCCN=C(N)N)C(=O)CC(CCCN=C(N)N)C(=O)NCCCCCC(=O)CC(CCCN=C(N)N)C(=O)C(C)C. The fourth-order valence-electron chi connectivity index (χ4n) is 14.5. The maximum atomic E-state index is 14.4. The topological polar surface area (TPSA) is 768 Å². The number of ketones is 8. The van der Waals surface area contributed by atoms with Crippen LogP contribution < -0.4 is 113 Å². The third-order valence-corrected chi connectivity index (χ3v) is 21.3. The second-order valence-corrected chi connectivity index (χ2v) is 32.5. The molecule has 0 aromatic carbocycles. The number of nitrogens with one attached hydrogen (secondary N) is 4. The van der Waals surface area contributed by atoms with Crippen molar-refractivity contribution >= 4 is 118 Å². The molecule has 0 aliphatic heterocycles. The molecule has 0 aromatic heterocycles. The van der Waals surface area contributed by atoms with E-state index < -0.39 is 41.4 Å². The zero-order valence-electron chi connectivity index (χ0n) is 74.7. The quantitative estimate of drug-likeness (QED) is 0.0232. The summed E-state index contributed by atoms with van der Waals surface area (Å²) in [5.74, 6) is -8.52. The summed E-state index contributed by atoms with van der Waals surface area (Å²) in [4.78, 5) is 197. The number of carbonyl (C=O) groups is 12. The van der Waals surface area contributed by atoms with E-state index in [9.17, 15) is 57.5 Å². The molecule has 0 rings (SSSR count). The summed E-state index contributed by atoms with van der Waals surface area (Å²) in [7, 11) is 0. The zero-order chi connectivity index (χ0) is 93.0. The van der Waals surface area contributed by atoms with E-state index in [1.54, 1.807) is 0 Å². The Balaban J connectivity index is 6.05. The van der Waals surface area contributed by atoms with E-state index in [2.05, 4.69) is 61.2 Å². The van der Waals surface area contributed by atoms with Crippen LogP contribution in [0.2, 0.25) is 0 Å². The minimum atomic E-state index is -0.813. The third-order valence-electron chi connectivity index (χ3n) is 21.3. The molecule has 0 aliphatic rings. The molecule has 706 valence electrons. The Bertz CT molecular complexity index is 3420. The molecular formula is C84H158N28O12. The Kier molecular flexibility index (Phi) is 64.7. The summed E-state index contributed by atoms with van der Waals surface area (Å²) >= 11 is 0. The van der Waals surface area contributed by atoms with Crippen molar-refractivity contribution in [2.75, 3.05) is 78.5 Å². The second kappa shape index (κ2) is 70.8. The van der Waals surface area contributed by atoms with Crippen molar-refractivity contribution in [3.8, 4) is 0 Å². The van der Waals surface area contributed by atoms with Crippen molar-refractivity contribution in [3.05, 3.63) is 0 Å². The summed E-state index contributed by atoms with van der Waals surface area (Å²) in [6.07, 6.45) is 13.8. The number of nitrogens with two attached hydrogens (primary N) is 16. The molecule has 40 nitrogen and oxygen atoms in total. The van der Waals surface area contributed by atoms with E-state index >= 15 is 0 Å². The minimum absolute atomic E-state index is 0.00958. The Labute approximate surface area is 734 Å². The van der Waals surface area contributed by atoms with Crippen LogP contribution in [0.5, 0.6) is 0 Å². The van der Waals surface area contributed by atoms with Gasteiger partial charge in [-0.1, -0.05) is 46.5 Å². The number of guanidine groups is 8. The Morgan fingerprint density at radius 2 is 0.411 bits per heavy atom. The van der Waals surface area contributed by atoms with Crippen molar-refractivity contribution in [2.45, 2.75) is 278 Å². The van der Waals surface area contributed by atoms with E-state index in [-0.39, 0.29) is 291 Å². The van der Waals surface area contributed by atoms with Crippen LogP contribution in [0.1, 0.15) is 278 Å². The molecule has 0 bridgehead atoms. The van der Waals surface area contributed by atoms with Gasteiger partial charge >= 0.3 is 0 Å². The van der Waals surface area contributed by atoms with Crippen LogP contribution in [0, 0.1) is 53.3 Å². The number of amides is 4. The monoisotopic (exact) mass is 1750 g/mol. The Hall–Kier alpha value is -10.6. The van der Waals surface area contributed by atoms with Crippen LogP contribution in [0.3, 0.4) is 0 Å². The maximum absolute atomic E-state index is 14.4. The highest BCUT2D eigenvalue weighted by atomic mass is 16.2. The van der Waals surface area contributed by atoms with Gasteiger partial charge < -0.3 is 113 Å². The second-order valence-electron chi connectivity index (χ2n) is 32.5. The highest BCUT2D eigenvalue weighted by Gasteiger charge is 2.32. The fourth-order valence-corrected chi connectivity index (χ4v) is 14.5. The van der Waals surface area contributed by atoms with Crippen LogP contribution in [0.25, 0.3) is 0 Å². The molecule has 0 fully saturated rings. The van der Waals surface area contributed by atoms with Gasteiger partial charge in [0.1, 0.15) is 46.3 Å². The van der Waals surface area contributed by atoms with E-state index in [1.807, 2.05) is 20.8 Å². The molecule has 8 unspecified atom stereocenters. The zero-order valence-corrected chi connectivity index (χ0v) is 74.7. The normalized spacial score (nSPS) is 12.9. The van der Waals surface area contributed by atoms with Crippen molar-refractivity contribution in [2.24, 2.45) is 185 Å². The lowest BCUT2D eigenvalue weighted by Gasteiger charge is -2.21. The van der Waals surface area contributed by atoms with Crippen molar-refractivity contribution < 1.29 is 57.5 Å². The van der Waals surface area contributed by atoms with E-state index in [0.29, 0.717) is 174 Å². The molecule has 4 amide bonds. The highest BCUT2D eigenvalue weighted by molar-refractivity contribution is 5.94. The number of unbranched alkanes of at least 4 members (excludes halogenated alkanes) is 8. The molecule has 0 saturated heterocycles. The van der Waals surface area contributed by atoms with Crippen molar-refractivity contribution in [3.63, 3.8) is 0 Å². The molecule has 0 saturated carbocycles. The maximum Gasteiger partial charge on any atom is 0.223 e. The van der Waals surface area contributed by atoms with Gasteiger partial charge in [0.25, 0.3) is 0 Å². The molecule has 0 radical (unpaired) electrons. The first-order chi connectivity index (χ1) is 58.9. The summed E-state index contributed by atoms with van der Waals surface area (Å²) in [6.45, 7) is 8.86. The largest absolute Gasteiger partial charge is 0.370 e. The first-order valence-corrected chi connectivity index (χ1v) is 44.7. The first-order valence-electron chi connectivity index (χ1n) is 44.7. The molecule has 0 aliphatic carbocycles. The lowest BCUT2D eigenvalue weighted by Crippen LogP contribution is -2.34. The van der Waals surface area contributed by atoms with Gasteiger partial charge in [0, 0.05) is 202 Å². The molecule has 36 N–H and O–H groups in total. The number of nitrogens with zero attached hydrogens (tertiary/aromatic N) is 8. The lowest BCUT2D eigenvalue weighted by atomic mass is 9.85. The molecule has 0 spiro atoms. The number of aliphatic imine (C=N–C) groups is 8. The van der Waals surface area contributed by atoms with Crippen molar-refractivity contribution in [1.82, 2.24) is 21.3 Å². The average Bonchev–Trinajstić information content (AvgIpc) is 0.898. The molecule has 0 aromatic rings. The number of carbonyl (C=O) groups excluding carboxylic acids is 12. The highest BCUT2D eigenvalue weighted by Crippen LogP contribution is 2.28. The van der Waals surface area contributed by atoms with Gasteiger partial charge in [0.15, 0.2) is 47.7 Å². The summed E-state index contributed by atoms with van der Waals surface area (Å²) in [6, 6.07) is 0. The van der Waals surface area contributed by atoms with Gasteiger partial charge in [-0.15, -0.1) is 0 Å². The Morgan fingerprint density at radius 3 is 0.613 bits per heavy atom. The van der Waals surface area contributed by atoms with Crippen LogP contribution >= 0.6 is 0 Å². The number of hydrogen-bond donors (Lipinski definition) is 20. The standard InChI is InChI=1S/C84H158N28O12/c1-4-57(25-17-41-105-77(85)86)73(121)101-37-13-5-9-33-65(113)49-58(26-18-42-106-78(87)88)69(117)53-62(30-22-46-110-82(95)96)74(122)102-38-14-6-10-34-66(114)50-59(27-19-43-107-79(89)90)70(118)54-63(31-23-47-111-83(97)98)75(123)103-39-15-7-11-35-67(115)51-60(28-20-44-108-80(91)92)71(119)55-64(32-24-48-112-84(99)100)76(124)104-40-16-8-12-36-68(116)52-61(72(120)56(2)3)29-21-45-109-81(93)94/h56-64H,4-55H2,1-3H3,(H,101,121)(H,102,122)(H,103,123)(H,104,124)(H4,85,86,105)(H4,87,88,106)(H4,89,90,107)(H4,91,92,108)(H4,93,94,109)(H4,95,96,110)(H4,97,98,111)(H4,99,100,112). The Morgan fingerprint density at radius 1 is 0.226 bits per heavy atom. The predicted molar refractivity (Wildman–Crippen MR) is 491 cm³/mol. The average molecular weight is 1750 g/mol. The molecule has 0 heterocycles. The van der Waals surface area contributed by atoms with E-state index in [4.69, 9.17) is 91.7 Å². The number of Topliss-reactive ketones (excluding diaryl/α,β-unsaturated/α-hetero) is 8. The smallest absolute Gasteiger partial charge is 0.223 e. The van der Waals surface area contributed by atoms with Gasteiger partial charge in [0.05, 0.1) is 0 Å². The van der Waals surface area contributed by atoms with Gasteiger partial charge in [-0.3, -0.25) is 97.5 Å². The van der Waals surface area contributed by atoms with E-state index in [1.165, 1.54) is 0 Å². The fraction of sp³-hybridized carbons (Fsp3) is 0.762. The van der Waals surface area contributed by atoms with Crippen molar-refractivity contribution in [1.29, 1.82) is 0 Å². The van der Waals surface area contributed by atoms with Crippen LogP contribution in [-0.4, -0.2) is 196 Å². The van der Waals surface area contributed by atoms with Gasteiger partial charge in [-0.25, -0.2) is 0 Å². The van der Waals surface area contributed by atoms with Crippen LogP contribution in [0.4, 0.5) is 0 Å². The van der Waals surface area contributed by atoms with E-state index in [0.717, 1.165) is 0 Å². The summed E-state index contributed by atoms with van der Waals surface area (Å²) in [5, 5.41) is 11.9. The molecule has 40 heteroatoms. The number of rotatable bonds is 80. The van der Waals surface area contributed by atoms with Crippen LogP contribution in [-0.2, 0) is 57.5 Å². The number of hydrogen-bond acceptors (Lipinski definition) is 20. The molecule has 8 atom stereocenters. The summed E-state index contributed by atoms with van der Waals surface area (Å²) < 4.78 is 0. The first kappa shape index (κ1) is 113. The third kappa shape index (κ3) is 62.5. The van der Waals surface area contributed by atoms with Gasteiger partial charge in [0.2, 0.25) is 23.6 Å². The molecular weight excluding hydrogens is 1590 g/mol.